The van der Waals surface area contributed by atoms with Crippen molar-refractivity contribution in [3.05, 3.63) is 29.3 Å². The fraction of sp³-hybridized carbons (Fsp3) is 0.562. The SMILES string of the molecule is CSC1(CNC(=O)c2ccc3c(c2)CCN3)CCCC1. The lowest BCUT2D eigenvalue weighted by atomic mass is 10.1. The highest BCUT2D eigenvalue weighted by atomic mass is 32.2. The summed E-state index contributed by atoms with van der Waals surface area (Å²) >= 11 is 1.91. The van der Waals surface area contributed by atoms with Gasteiger partial charge in [0.05, 0.1) is 0 Å². The zero-order valence-corrected chi connectivity index (χ0v) is 12.8. The van der Waals surface area contributed by atoms with Crippen molar-refractivity contribution in [2.45, 2.75) is 36.9 Å². The zero-order valence-electron chi connectivity index (χ0n) is 12.0. The van der Waals surface area contributed by atoms with Gasteiger partial charge in [0, 0.05) is 29.1 Å². The lowest BCUT2D eigenvalue weighted by Crippen LogP contribution is -2.38. The first kappa shape index (κ1) is 13.8. The number of carbonyl (C=O) groups is 1. The number of nitrogens with one attached hydrogen (secondary N) is 2. The third kappa shape index (κ3) is 2.66. The monoisotopic (exact) mass is 290 g/mol. The van der Waals surface area contributed by atoms with Gasteiger partial charge in [0.1, 0.15) is 0 Å². The van der Waals surface area contributed by atoms with Gasteiger partial charge in [0.25, 0.3) is 5.91 Å². The molecule has 1 aromatic rings. The molecule has 1 aliphatic carbocycles. The van der Waals surface area contributed by atoms with Crippen LogP contribution >= 0.6 is 11.8 Å². The van der Waals surface area contributed by atoms with E-state index < -0.39 is 0 Å². The number of rotatable bonds is 4. The van der Waals surface area contributed by atoms with E-state index in [9.17, 15) is 4.79 Å². The van der Waals surface area contributed by atoms with Gasteiger partial charge in [-0.15, -0.1) is 0 Å². The Hall–Kier alpha value is -1.16. The number of carbonyl (C=O) groups excluding carboxylic acids is 1. The van der Waals surface area contributed by atoms with Crippen molar-refractivity contribution >= 4 is 23.4 Å². The Labute approximate surface area is 124 Å². The summed E-state index contributed by atoms with van der Waals surface area (Å²) in [7, 11) is 0. The first-order chi connectivity index (χ1) is 9.72. The van der Waals surface area contributed by atoms with Crippen molar-refractivity contribution in [1.82, 2.24) is 5.32 Å². The van der Waals surface area contributed by atoms with Crippen LogP contribution < -0.4 is 10.6 Å². The second-order valence-electron chi connectivity index (χ2n) is 5.83. The molecule has 1 heterocycles. The van der Waals surface area contributed by atoms with Crippen molar-refractivity contribution in [3.8, 4) is 0 Å². The molecule has 0 saturated heterocycles. The molecule has 2 aliphatic rings. The zero-order chi connectivity index (χ0) is 14.0. The normalized spacial score (nSPS) is 19.4. The molecule has 2 N–H and O–H groups in total. The molecule has 1 aliphatic heterocycles. The molecule has 1 amide bonds. The Bertz CT molecular complexity index is 509. The van der Waals surface area contributed by atoms with Gasteiger partial charge in [-0.3, -0.25) is 4.79 Å². The van der Waals surface area contributed by atoms with Crippen LogP contribution in [0, 0.1) is 0 Å². The molecule has 0 atom stereocenters. The van der Waals surface area contributed by atoms with Crippen LogP contribution in [0.15, 0.2) is 18.2 Å². The molecule has 3 nitrogen and oxygen atoms in total. The fourth-order valence-corrected chi connectivity index (χ4v) is 4.18. The molecule has 0 spiro atoms. The van der Waals surface area contributed by atoms with E-state index in [0.29, 0.717) is 0 Å². The van der Waals surface area contributed by atoms with Crippen molar-refractivity contribution in [1.29, 1.82) is 0 Å². The topological polar surface area (TPSA) is 41.1 Å². The van der Waals surface area contributed by atoms with E-state index in [2.05, 4.69) is 16.9 Å². The highest BCUT2D eigenvalue weighted by Gasteiger charge is 2.33. The molecule has 1 fully saturated rings. The number of hydrogen-bond acceptors (Lipinski definition) is 3. The molecule has 0 unspecified atom stereocenters. The van der Waals surface area contributed by atoms with E-state index >= 15 is 0 Å². The summed E-state index contributed by atoms with van der Waals surface area (Å²) in [5.74, 6) is 0.0695. The molecule has 1 saturated carbocycles. The molecule has 0 aromatic heterocycles. The minimum Gasteiger partial charge on any atom is -0.384 e. The fourth-order valence-electron chi connectivity index (χ4n) is 3.26. The Morgan fingerprint density at radius 1 is 1.40 bits per heavy atom. The van der Waals surface area contributed by atoms with E-state index in [-0.39, 0.29) is 10.7 Å². The lowest BCUT2D eigenvalue weighted by molar-refractivity contribution is 0.0949. The van der Waals surface area contributed by atoms with Gasteiger partial charge in [-0.2, -0.15) is 11.8 Å². The summed E-state index contributed by atoms with van der Waals surface area (Å²) in [5.41, 5.74) is 3.23. The van der Waals surface area contributed by atoms with Crippen molar-refractivity contribution < 1.29 is 4.79 Å². The third-order valence-electron chi connectivity index (χ3n) is 4.60. The maximum Gasteiger partial charge on any atom is 0.251 e. The highest BCUT2D eigenvalue weighted by Crippen LogP contribution is 2.39. The van der Waals surface area contributed by atoms with Crippen molar-refractivity contribution in [2.24, 2.45) is 0 Å². The van der Waals surface area contributed by atoms with Crippen LogP contribution in [0.3, 0.4) is 0 Å². The highest BCUT2D eigenvalue weighted by molar-refractivity contribution is 8.00. The summed E-state index contributed by atoms with van der Waals surface area (Å²) in [5, 5.41) is 6.47. The van der Waals surface area contributed by atoms with Crippen LogP contribution in [-0.2, 0) is 6.42 Å². The summed E-state index contributed by atoms with van der Waals surface area (Å²) in [6.07, 6.45) is 8.22. The molecule has 1 aromatic carbocycles. The van der Waals surface area contributed by atoms with Gasteiger partial charge in [0.15, 0.2) is 0 Å². The number of fused-ring (bicyclic) bond motifs is 1. The van der Waals surface area contributed by atoms with E-state index in [1.54, 1.807) is 0 Å². The summed E-state index contributed by atoms with van der Waals surface area (Å²) in [6, 6.07) is 5.98. The van der Waals surface area contributed by atoms with Gasteiger partial charge in [0.2, 0.25) is 0 Å². The van der Waals surface area contributed by atoms with Crippen molar-refractivity contribution in [2.75, 3.05) is 24.7 Å². The largest absolute Gasteiger partial charge is 0.384 e. The minimum absolute atomic E-state index is 0.0695. The Balaban J connectivity index is 1.64. The second kappa shape index (κ2) is 5.68. The van der Waals surface area contributed by atoms with E-state index in [1.165, 1.54) is 36.9 Å². The number of hydrogen-bond donors (Lipinski definition) is 2. The number of benzene rings is 1. The summed E-state index contributed by atoms with van der Waals surface area (Å²) in [6.45, 7) is 1.78. The Morgan fingerprint density at radius 2 is 2.20 bits per heavy atom. The van der Waals surface area contributed by atoms with Crippen LogP contribution in [0.5, 0.6) is 0 Å². The average Bonchev–Trinajstić information content (AvgIpc) is 3.13. The molecule has 0 bridgehead atoms. The van der Waals surface area contributed by atoms with Crippen LogP contribution in [0.25, 0.3) is 0 Å². The molecule has 3 rings (SSSR count). The predicted molar refractivity (Wildman–Crippen MR) is 85.7 cm³/mol. The molecular formula is C16H22N2OS. The molecule has 0 radical (unpaired) electrons. The third-order valence-corrected chi connectivity index (χ3v) is 6.01. The molecule has 108 valence electrons. The number of anilines is 1. The first-order valence-corrected chi connectivity index (χ1v) is 8.65. The Morgan fingerprint density at radius 3 is 2.95 bits per heavy atom. The lowest BCUT2D eigenvalue weighted by Gasteiger charge is -2.26. The van der Waals surface area contributed by atoms with E-state index in [0.717, 1.165) is 25.1 Å². The maximum atomic E-state index is 12.3. The second-order valence-corrected chi connectivity index (χ2v) is 7.10. The molecule has 4 heteroatoms. The minimum atomic E-state index is 0.0695. The predicted octanol–water partition coefficient (Wildman–Crippen LogP) is 3.06. The van der Waals surface area contributed by atoms with Crippen molar-refractivity contribution in [3.63, 3.8) is 0 Å². The molecular weight excluding hydrogens is 268 g/mol. The first-order valence-electron chi connectivity index (χ1n) is 7.43. The quantitative estimate of drug-likeness (QED) is 0.895. The van der Waals surface area contributed by atoms with Gasteiger partial charge in [-0.25, -0.2) is 0 Å². The van der Waals surface area contributed by atoms with E-state index in [4.69, 9.17) is 0 Å². The van der Waals surface area contributed by atoms with Crippen LogP contribution in [0.4, 0.5) is 5.69 Å². The van der Waals surface area contributed by atoms with Gasteiger partial charge >= 0.3 is 0 Å². The van der Waals surface area contributed by atoms with Crippen LogP contribution in [-0.4, -0.2) is 30.0 Å². The summed E-state index contributed by atoms with van der Waals surface area (Å²) < 4.78 is 0.272. The maximum absolute atomic E-state index is 12.3. The Kier molecular flexibility index (Phi) is 3.92. The standard InChI is InChI=1S/C16H22N2OS/c1-20-16(7-2-3-8-16)11-18-15(19)13-4-5-14-12(10-13)6-9-17-14/h4-5,10,17H,2-3,6-9,11H2,1H3,(H,18,19). The number of thioether (sulfide) groups is 1. The number of amides is 1. The van der Waals surface area contributed by atoms with Crippen LogP contribution in [0.2, 0.25) is 0 Å². The average molecular weight is 290 g/mol. The van der Waals surface area contributed by atoms with E-state index in [1.807, 2.05) is 30.0 Å². The van der Waals surface area contributed by atoms with Gasteiger partial charge in [-0.05, 0) is 49.3 Å². The van der Waals surface area contributed by atoms with Gasteiger partial charge < -0.3 is 10.6 Å². The molecule has 20 heavy (non-hydrogen) atoms. The summed E-state index contributed by atoms with van der Waals surface area (Å²) in [4.78, 5) is 12.3. The smallest absolute Gasteiger partial charge is 0.251 e. The van der Waals surface area contributed by atoms with Crippen LogP contribution in [0.1, 0.15) is 41.6 Å². The van der Waals surface area contributed by atoms with Gasteiger partial charge in [-0.1, -0.05) is 12.8 Å².